The molecule has 0 aromatic heterocycles. The summed E-state index contributed by atoms with van der Waals surface area (Å²) in [5.74, 6) is -0.0644. The van der Waals surface area contributed by atoms with Crippen LogP contribution in [0.1, 0.15) is 99.8 Å². The summed E-state index contributed by atoms with van der Waals surface area (Å²) in [5.41, 5.74) is -1.23. The molecule has 5 unspecified atom stereocenters. The van der Waals surface area contributed by atoms with E-state index in [0.717, 1.165) is 32.1 Å². The van der Waals surface area contributed by atoms with Crippen LogP contribution in [0.5, 0.6) is 0 Å². The van der Waals surface area contributed by atoms with E-state index < -0.39 is 96.5 Å². The van der Waals surface area contributed by atoms with Gasteiger partial charge in [0.05, 0.1) is 44.4 Å². The summed E-state index contributed by atoms with van der Waals surface area (Å²) in [6, 6.07) is 0. The van der Waals surface area contributed by atoms with Crippen LogP contribution in [0, 0.1) is 44.3 Å². The second-order valence-electron chi connectivity index (χ2n) is 20.3. The van der Waals surface area contributed by atoms with Crippen molar-refractivity contribution >= 4 is 0 Å². The van der Waals surface area contributed by atoms with E-state index in [2.05, 4.69) is 34.6 Å². The maximum atomic E-state index is 12.0. The molecule has 0 aromatic carbocycles. The first-order valence-corrected chi connectivity index (χ1v) is 20.6. The lowest BCUT2D eigenvalue weighted by Gasteiger charge is -2.71. The van der Waals surface area contributed by atoms with E-state index in [1.807, 2.05) is 13.2 Å². The molecule has 14 heteroatoms. The fraction of sp³-hybridized carbons (Fsp3) is 0.951. The quantitative estimate of drug-likeness (QED) is 0.165. The summed E-state index contributed by atoms with van der Waals surface area (Å²) in [7, 11) is 0. The monoisotopic (exact) mass is 784 g/mol. The van der Waals surface area contributed by atoms with Crippen LogP contribution >= 0.6 is 0 Å². The average molecular weight is 785 g/mol. The first kappa shape index (κ1) is 42.2. The maximum Gasteiger partial charge on any atom is 0.187 e. The first-order chi connectivity index (χ1) is 25.7. The van der Waals surface area contributed by atoms with Crippen LogP contribution in [0.25, 0.3) is 0 Å². The molecule has 3 heterocycles. The molecule has 4 aliphatic carbocycles. The predicted octanol–water partition coefficient (Wildman–Crippen LogP) is 1.10. The van der Waals surface area contributed by atoms with E-state index in [0.29, 0.717) is 19.3 Å². The van der Waals surface area contributed by atoms with Gasteiger partial charge in [0.25, 0.3) is 0 Å². The number of hydrogen-bond acceptors (Lipinski definition) is 14. The van der Waals surface area contributed by atoms with Crippen molar-refractivity contribution in [1.82, 2.24) is 0 Å². The molecule has 0 aromatic rings. The maximum absolute atomic E-state index is 12.0. The van der Waals surface area contributed by atoms with Crippen LogP contribution in [-0.4, -0.2) is 146 Å². The van der Waals surface area contributed by atoms with E-state index >= 15 is 0 Å². The molecule has 7 aliphatic rings. The lowest BCUT2D eigenvalue weighted by atomic mass is 9.36. The lowest BCUT2D eigenvalue weighted by Crippen LogP contribution is -2.70. The number of fused-ring (bicyclic) bond motifs is 7. The highest BCUT2D eigenvalue weighted by Crippen LogP contribution is 2.73. The van der Waals surface area contributed by atoms with Crippen LogP contribution in [0.3, 0.4) is 0 Å². The van der Waals surface area contributed by atoms with Crippen molar-refractivity contribution in [2.75, 3.05) is 19.8 Å². The summed E-state index contributed by atoms with van der Waals surface area (Å²) >= 11 is 0. The fourth-order valence-corrected chi connectivity index (χ4v) is 13.0. The summed E-state index contributed by atoms with van der Waals surface area (Å²) in [5, 5.41) is 97.5. The normalized spacial score (nSPS) is 56.2. The molecule has 4 saturated carbocycles. The number of aliphatic hydroxyl groups is 9. The highest BCUT2D eigenvalue weighted by Gasteiger charge is 2.72. The van der Waals surface area contributed by atoms with Crippen molar-refractivity contribution in [3.63, 3.8) is 0 Å². The largest absolute Gasteiger partial charge is 0.497 e. The molecule has 0 radical (unpaired) electrons. The topological polar surface area (TPSA) is 228 Å². The average Bonchev–Trinajstić information content (AvgIpc) is 3.13. The van der Waals surface area contributed by atoms with E-state index in [1.54, 1.807) is 6.92 Å². The highest BCUT2D eigenvalue weighted by atomic mass is 16.7. The van der Waals surface area contributed by atoms with Crippen molar-refractivity contribution in [3.05, 3.63) is 11.8 Å². The Kier molecular flexibility index (Phi) is 11.0. The molecule has 0 spiro atoms. The lowest BCUT2D eigenvalue weighted by molar-refractivity contribution is -0.368. The van der Waals surface area contributed by atoms with Crippen LogP contribution in [0.4, 0.5) is 0 Å². The van der Waals surface area contributed by atoms with Gasteiger partial charge >= 0.3 is 0 Å². The Hall–Kier alpha value is -0.980. The van der Waals surface area contributed by atoms with Gasteiger partial charge in [-0.1, -0.05) is 41.5 Å². The Balaban J connectivity index is 1.13. The Morgan fingerprint density at radius 3 is 2.07 bits per heavy atom. The van der Waals surface area contributed by atoms with Gasteiger partial charge in [0.2, 0.25) is 0 Å². The Bertz CT molecular complexity index is 1440. The molecular weight excluding hydrogens is 716 g/mol. The minimum atomic E-state index is -1.74. The molecule has 55 heavy (non-hydrogen) atoms. The second kappa shape index (κ2) is 14.3. The first-order valence-electron chi connectivity index (χ1n) is 20.6. The van der Waals surface area contributed by atoms with Gasteiger partial charge in [-0.15, -0.1) is 0 Å². The Labute approximate surface area is 324 Å². The van der Waals surface area contributed by atoms with Gasteiger partial charge < -0.3 is 69.6 Å². The molecule has 6 fully saturated rings. The third kappa shape index (κ3) is 6.13. The zero-order valence-corrected chi connectivity index (χ0v) is 33.6. The Morgan fingerprint density at radius 2 is 1.42 bits per heavy atom. The molecule has 9 N–H and O–H groups in total. The minimum absolute atomic E-state index is 0.00138. The summed E-state index contributed by atoms with van der Waals surface area (Å²) in [6.45, 7) is 14.1. The van der Waals surface area contributed by atoms with Crippen molar-refractivity contribution < 1.29 is 69.6 Å². The van der Waals surface area contributed by atoms with Gasteiger partial charge in [0.15, 0.2) is 12.6 Å². The summed E-state index contributed by atoms with van der Waals surface area (Å²) in [4.78, 5) is 0. The van der Waals surface area contributed by atoms with E-state index in [1.165, 1.54) is 5.57 Å². The molecule has 316 valence electrons. The van der Waals surface area contributed by atoms with Crippen molar-refractivity contribution in [1.29, 1.82) is 0 Å². The molecular formula is C41H68O14. The van der Waals surface area contributed by atoms with Gasteiger partial charge in [-0.25, -0.2) is 0 Å². The number of hydrogen-bond donors (Lipinski definition) is 9. The molecule has 7 rings (SSSR count). The van der Waals surface area contributed by atoms with Gasteiger partial charge in [0, 0.05) is 27.1 Å². The summed E-state index contributed by atoms with van der Waals surface area (Å²) in [6.07, 6.45) is -8.05. The highest BCUT2D eigenvalue weighted by molar-refractivity contribution is 5.34. The van der Waals surface area contributed by atoms with Crippen LogP contribution in [0.2, 0.25) is 0 Å². The SMILES string of the molecule is C[C@H]1O[C@@H](O[C@H]2CC[C@@]3(C)C(CC[C@]4(C)C3OC=C3C5CC(C)(C)CCC5(CO)C(O)C[C@]34C)[C@]2(C)CO)[C@H](O)[C@@H](O[C@@H]2O[C@H](CO)[C@@H](O)[C@H](O)[C@H]2O)[C@H]1O. The van der Waals surface area contributed by atoms with E-state index in [4.69, 9.17) is 23.7 Å². The number of allylic oxidation sites excluding steroid dienone is 1. The predicted molar refractivity (Wildman–Crippen MR) is 196 cm³/mol. The van der Waals surface area contributed by atoms with Crippen LogP contribution in [-0.2, 0) is 23.7 Å². The minimum Gasteiger partial charge on any atom is -0.497 e. The summed E-state index contributed by atoms with van der Waals surface area (Å²) < 4.78 is 31.0. The molecule has 0 amide bonds. The standard InChI is InChI=1S/C41H68O14/c1-20-27(46)32(55-33-30(49)29(48)28(47)23(16-42)53-33)31(50)34(52-20)54-26-9-10-37(4)24(38(26,5)18-43)8-11-39(6)35(37)51-17-22-21-14-36(2,3)12-13-41(21,19-44)25(45)15-40(22,39)7/h17,20-21,23-35,42-50H,8-16,18-19H2,1-7H3/t20-,21?,23-,24?,25?,26+,27+,28-,29+,30-,31-,32+,33+,34+,35?,37+,38+,39-,40-,41?/m1/s1. The van der Waals surface area contributed by atoms with Gasteiger partial charge in [-0.3, -0.25) is 0 Å². The number of ether oxygens (including phenoxy) is 5. The van der Waals surface area contributed by atoms with Crippen LogP contribution in [0.15, 0.2) is 11.8 Å². The third-order valence-corrected chi connectivity index (χ3v) is 16.8. The Morgan fingerprint density at radius 1 is 0.727 bits per heavy atom. The second-order valence-corrected chi connectivity index (χ2v) is 20.3. The van der Waals surface area contributed by atoms with Gasteiger partial charge in [-0.2, -0.15) is 0 Å². The van der Waals surface area contributed by atoms with Gasteiger partial charge in [-0.05, 0) is 81.1 Å². The van der Waals surface area contributed by atoms with E-state index in [-0.39, 0.29) is 47.4 Å². The fourth-order valence-electron chi connectivity index (χ4n) is 13.0. The molecule has 20 atom stereocenters. The third-order valence-electron chi connectivity index (χ3n) is 16.8. The molecule has 3 aliphatic heterocycles. The van der Waals surface area contributed by atoms with E-state index in [9.17, 15) is 46.0 Å². The number of rotatable bonds is 7. The number of aliphatic hydroxyl groups excluding tert-OH is 9. The van der Waals surface area contributed by atoms with Crippen LogP contribution < -0.4 is 0 Å². The zero-order valence-electron chi connectivity index (χ0n) is 33.6. The van der Waals surface area contributed by atoms with Crippen molar-refractivity contribution in [3.8, 4) is 0 Å². The molecule has 2 saturated heterocycles. The van der Waals surface area contributed by atoms with Gasteiger partial charge in [0.1, 0.15) is 48.8 Å². The van der Waals surface area contributed by atoms with Crippen molar-refractivity contribution in [2.45, 2.75) is 180 Å². The smallest absolute Gasteiger partial charge is 0.187 e. The van der Waals surface area contributed by atoms with Crippen molar-refractivity contribution in [2.24, 2.45) is 44.3 Å². The zero-order chi connectivity index (χ0) is 40.3. The molecule has 14 nitrogen and oxygen atoms in total. The molecule has 0 bridgehead atoms.